The summed E-state index contributed by atoms with van der Waals surface area (Å²) in [7, 11) is 1.52. The molecular weight excluding hydrogens is 428 g/mol. The number of morpholine rings is 1. The van der Waals surface area contributed by atoms with Gasteiger partial charge in [-0.25, -0.2) is 0 Å². The SMILES string of the molecule is COc1cccc2cc(C(=O)C3=C(O)C(=O)N(CCN4CCOCC4)[C@H]3c3ccco3)oc12. The van der Waals surface area contributed by atoms with E-state index >= 15 is 0 Å². The van der Waals surface area contributed by atoms with Gasteiger partial charge in [-0.05, 0) is 24.3 Å². The molecule has 172 valence electrons. The molecule has 0 bridgehead atoms. The number of para-hydroxylation sites is 1. The molecule has 0 unspecified atom stereocenters. The third-order valence-corrected chi connectivity index (χ3v) is 6.07. The van der Waals surface area contributed by atoms with Crippen molar-refractivity contribution >= 4 is 22.7 Å². The second-order valence-electron chi connectivity index (χ2n) is 7.95. The van der Waals surface area contributed by atoms with Gasteiger partial charge >= 0.3 is 0 Å². The van der Waals surface area contributed by atoms with Gasteiger partial charge in [-0.3, -0.25) is 14.5 Å². The number of aliphatic hydroxyl groups is 1. The normalized spacial score (nSPS) is 19.6. The number of carbonyl (C=O) groups is 2. The molecule has 1 atom stereocenters. The molecule has 9 nitrogen and oxygen atoms in total. The van der Waals surface area contributed by atoms with Crippen LogP contribution in [0.25, 0.3) is 11.0 Å². The first kappa shape index (κ1) is 21.3. The first-order chi connectivity index (χ1) is 16.1. The van der Waals surface area contributed by atoms with Gasteiger partial charge in [-0.15, -0.1) is 0 Å². The van der Waals surface area contributed by atoms with Crippen LogP contribution in [0.5, 0.6) is 5.75 Å². The molecule has 0 aliphatic carbocycles. The van der Waals surface area contributed by atoms with Crippen molar-refractivity contribution in [3.05, 3.63) is 65.5 Å². The number of amides is 1. The number of hydrogen-bond donors (Lipinski definition) is 1. The number of nitrogens with zero attached hydrogens (tertiary/aromatic N) is 2. The lowest BCUT2D eigenvalue weighted by atomic mass is 9.99. The van der Waals surface area contributed by atoms with Crippen LogP contribution in [-0.2, 0) is 9.53 Å². The predicted molar refractivity (Wildman–Crippen MR) is 117 cm³/mol. The summed E-state index contributed by atoms with van der Waals surface area (Å²) in [5, 5.41) is 11.4. The van der Waals surface area contributed by atoms with Gasteiger partial charge in [-0.2, -0.15) is 0 Å². The maximum Gasteiger partial charge on any atom is 0.290 e. The van der Waals surface area contributed by atoms with Crippen LogP contribution in [0.2, 0.25) is 0 Å². The third kappa shape index (κ3) is 3.79. The van der Waals surface area contributed by atoms with Crippen LogP contribution in [0, 0.1) is 0 Å². The van der Waals surface area contributed by atoms with Crippen LogP contribution in [0.15, 0.2) is 62.8 Å². The molecule has 1 aromatic carbocycles. The van der Waals surface area contributed by atoms with E-state index in [1.165, 1.54) is 18.3 Å². The van der Waals surface area contributed by atoms with E-state index in [0.29, 0.717) is 48.8 Å². The Hall–Kier alpha value is -3.56. The van der Waals surface area contributed by atoms with Crippen molar-refractivity contribution in [3.63, 3.8) is 0 Å². The number of carbonyl (C=O) groups excluding carboxylic acids is 2. The lowest BCUT2D eigenvalue weighted by Crippen LogP contribution is -2.43. The summed E-state index contributed by atoms with van der Waals surface area (Å²) in [6.07, 6.45) is 1.48. The Morgan fingerprint density at radius 2 is 2.00 bits per heavy atom. The molecule has 0 saturated carbocycles. The molecule has 1 fully saturated rings. The second kappa shape index (κ2) is 8.76. The van der Waals surface area contributed by atoms with E-state index in [1.54, 1.807) is 36.4 Å². The number of aliphatic hydroxyl groups excluding tert-OH is 1. The maximum absolute atomic E-state index is 13.5. The van der Waals surface area contributed by atoms with Crippen LogP contribution in [-0.4, -0.2) is 73.1 Å². The molecule has 2 aliphatic heterocycles. The molecule has 1 saturated heterocycles. The first-order valence-corrected chi connectivity index (χ1v) is 10.8. The van der Waals surface area contributed by atoms with E-state index in [1.807, 2.05) is 0 Å². The van der Waals surface area contributed by atoms with Crippen LogP contribution >= 0.6 is 0 Å². The highest BCUT2D eigenvalue weighted by Gasteiger charge is 2.46. The van der Waals surface area contributed by atoms with Crippen molar-refractivity contribution in [2.75, 3.05) is 46.5 Å². The number of Topliss-reactive ketones (excluding diaryl/α,β-unsaturated/α-hetero) is 1. The van der Waals surface area contributed by atoms with Gasteiger partial charge in [0.25, 0.3) is 5.91 Å². The average molecular weight is 452 g/mol. The summed E-state index contributed by atoms with van der Waals surface area (Å²) >= 11 is 0. The Morgan fingerprint density at radius 3 is 2.73 bits per heavy atom. The summed E-state index contributed by atoms with van der Waals surface area (Å²) < 4.78 is 22.1. The highest BCUT2D eigenvalue weighted by Crippen LogP contribution is 2.40. The average Bonchev–Trinajstić information content (AvgIpc) is 3.57. The van der Waals surface area contributed by atoms with Crippen LogP contribution in [0.4, 0.5) is 0 Å². The molecule has 9 heteroatoms. The Labute approximate surface area is 189 Å². The molecule has 2 aliphatic rings. The lowest BCUT2D eigenvalue weighted by molar-refractivity contribution is -0.130. The van der Waals surface area contributed by atoms with Gasteiger partial charge in [0.05, 0.1) is 32.2 Å². The number of hydrogen-bond acceptors (Lipinski definition) is 8. The zero-order valence-corrected chi connectivity index (χ0v) is 18.2. The fourth-order valence-corrected chi connectivity index (χ4v) is 4.37. The second-order valence-corrected chi connectivity index (χ2v) is 7.95. The molecule has 3 aromatic rings. The lowest BCUT2D eigenvalue weighted by Gasteiger charge is -2.30. The molecule has 1 amide bonds. The Bertz CT molecular complexity index is 1200. The van der Waals surface area contributed by atoms with Crippen molar-refractivity contribution in [2.24, 2.45) is 0 Å². The maximum atomic E-state index is 13.5. The van der Waals surface area contributed by atoms with Crippen LogP contribution < -0.4 is 4.74 Å². The largest absolute Gasteiger partial charge is 0.503 e. The topological polar surface area (TPSA) is 106 Å². The summed E-state index contributed by atoms with van der Waals surface area (Å²) in [6, 6.07) is 9.42. The molecule has 5 rings (SSSR count). The molecular formula is C24H24N2O7. The highest BCUT2D eigenvalue weighted by atomic mass is 16.5. The Kier molecular flexibility index (Phi) is 5.65. The number of rotatable bonds is 7. The van der Waals surface area contributed by atoms with Crippen molar-refractivity contribution in [1.82, 2.24) is 9.80 Å². The van der Waals surface area contributed by atoms with E-state index in [4.69, 9.17) is 18.3 Å². The van der Waals surface area contributed by atoms with E-state index < -0.39 is 23.5 Å². The zero-order chi connectivity index (χ0) is 22.9. The standard InChI is InChI=1S/C24H24N2O7/c1-30-17-5-2-4-15-14-18(33-23(15)17)21(27)19-20(16-6-3-11-32-16)26(24(29)22(19)28)8-7-25-9-12-31-13-10-25/h2-6,11,14,20,28H,7-10,12-13H2,1H3/t20-/m0/s1. The Balaban J connectivity index is 1.48. The Morgan fingerprint density at radius 1 is 1.18 bits per heavy atom. The highest BCUT2D eigenvalue weighted by molar-refractivity contribution is 6.16. The van der Waals surface area contributed by atoms with Crippen LogP contribution in [0.3, 0.4) is 0 Å². The van der Waals surface area contributed by atoms with E-state index in [-0.39, 0.29) is 11.3 Å². The molecule has 0 spiro atoms. The van der Waals surface area contributed by atoms with Gasteiger partial charge in [0.1, 0.15) is 11.8 Å². The van der Waals surface area contributed by atoms with E-state index in [9.17, 15) is 14.7 Å². The number of furan rings is 2. The summed E-state index contributed by atoms with van der Waals surface area (Å²) in [6.45, 7) is 3.71. The predicted octanol–water partition coefficient (Wildman–Crippen LogP) is 2.94. The quantitative estimate of drug-likeness (QED) is 0.546. The number of ketones is 1. The van der Waals surface area contributed by atoms with Crippen molar-refractivity contribution in [3.8, 4) is 5.75 Å². The van der Waals surface area contributed by atoms with Crippen molar-refractivity contribution in [2.45, 2.75) is 6.04 Å². The number of fused-ring (bicyclic) bond motifs is 1. The zero-order valence-electron chi connectivity index (χ0n) is 18.2. The minimum atomic E-state index is -0.851. The van der Waals surface area contributed by atoms with Crippen molar-refractivity contribution in [1.29, 1.82) is 0 Å². The van der Waals surface area contributed by atoms with Gasteiger partial charge in [0.2, 0.25) is 5.78 Å². The van der Waals surface area contributed by atoms with E-state index in [0.717, 1.165) is 13.1 Å². The molecule has 33 heavy (non-hydrogen) atoms. The van der Waals surface area contributed by atoms with Gasteiger partial charge in [0, 0.05) is 31.6 Å². The number of ether oxygens (including phenoxy) is 2. The van der Waals surface area contributed by atoms with Crippen molar-refractivity contribution < 1.29 is 33.0 Å². The van der Waals surface area contributed by atoms with Gasteiger partial charge in [-0.1, -0.05) is 12.1 Å². The molecule has 2 aromatic heterocycles. The summed E-state index contributed by atoms with van der Waals surface area (Å²) in [5.74, 6) is -0.879. The minimum absolute atomic E-state index is 0.00966. The number of benzene rings is 1. The summed E-state index contributed by atoms with van der Waals surface area (Å²) in [5.41, 5.74) is 0.362. The third-order valence-electron chi connectivity index (χ3n) is 6.07. The van der Waals surface area contributed by atoms with Crippen LogP contribution in [0.1, 0.15) is 22.4 Å². The first-order valence-electron chi connectivity index (χ1n) is 10.8. The monoisotopic (exact) mass is 452 g/mol. The van der Waals surface area contributed by atoms with Gasteiger partial charge in [0.15, 0.2) is 22.9 Å². The fraction of sp³-hybridized carbons (Fsp3) is 0.333. The molecule has 0 radical (unpaired) electrons. The smallest absolute Gasteiger partial charge is 0.290 e. The summed E-state index contributed by atoms with van der Waals surface area (Å²) in [4.78, 5) is 30.2. The number of methoxy groups -OCH3 is 1. The van der Waals surface area contributed by atoms with E-state index in [2.05, 4.69) is 4.90 Å². The minimum Gasteiger partial charge on any atom is -0.503 e. The molecule has 4 heterocycles. The molecule has 1 N–H and O–H groups in total. The fourth-order valence-electron chi connectivity index (χ4n) is 4.37. The van der Waals surface area contributed by atoms with Gasteiger partial charge < -0.3 is 28.3 Å².